The van der Waals surface area contributed by atoms with Crippen molar-refractivity contribution in [3.63, 3.8) is 0 Å². The Bertz CT molecular complexity index is 538. The summed E-state index contributed by atoms with van der Waals surface area (Å²) in [6, 6.07) is 5.41. The molecule has 0 fully saturated rings. The third kappa shape index (κ3) is 3.65. The summed E-state index contributed by atoms with van der Waals surface area (Å²) in [4.78, 5) is 8.18. The molecular formula is C12H10F3N3O. The van der Waals surface area contributed by atoms with Gasteiger partial charge in [0.25, 0.3) is 0 Å². The van der Waals surface area contributed by atoms with Crippen molar-refractivity contribution in [2.75, 3.05) is 0 Å². The fraction of sp³-hybridized carbons (Fsp3) is 0.167. The van der Waals surface area contributed by atoms with Crippen LogP contribution in [0.1, 0.15) is 5.69 Å². The normalized spacial score (nSPS) is 11.4. The van der Waals surface area contributed by atoms with Gasteiger partial charge in [0, 0.05) is 12.1 Å². The van der Waals surface area contributed by atoms with Gasteiger partial charge in [-0.2, -0.15) is 0 Å². The zero-order chi connectivity index (χ0) is 13.9. The number of hydrogen-bond donors (Lipinski definition) is 1. The van der Waals surface area contributed by atoms with E-state index in [2.05, 4.69) is 14.7 Å². The standard InChI is InChI=1S/C12H10F3N3O/c13-12(14,15)19-10-3-1-8(2-4-10)11-7-17-9(5-16)6-18-11/h1-4,6-7H,5,16H2. The summed E-state index contributed by atoms with van der Waals surface area (Å²) in [6.45, 7) is 0.283. The van der Waals surface area contributed by atoms with E-state index in [1.165, 1.54) is 36.7 Å². The van der Waals surface area contributed by atoms with Crippen LogP contribution < -0.4 is 10.5 Å². The lowest BCUT2D eigenvalue weighted by Crippen LogP contribution is -2.16. The number of aromatic nitrogens is 2. The Kier molecular flexibility index (Phi) is 3.66. The van der Waals surface area contributed by atoms with Crippen LogP contribution in [0.3, 0.4) is 0 Å². The number of nitrogens with two attached hydrogens (primary N) is 1. The molecule has 2 aromatic rings. The summed E-state index contributed by atoms with van der Waals surface area (Å²) < 4.78 is 39.8. The maximum atomic E-state index is 12.0. The average Bonchev–Trinajstić information content (AvgIpc) is 2.38. The molecule has 0 saturated carbocycles. The molecule has 19 heavy (non-hydrogen) atoms. The van der Waals surface area contributed by atoms with Crippen molar-refractivity contribution in [3.05, 3.63) is 42.4 Å². The number of benzene rings is 1. The first-order valence-electron chi connectivity index (χ1n) is 5.35. The van der Waals surface area contributed by atoms with E-state index in [0.29, 0.717) is 17.0 Å². The monoisotopic (exact) mass is 269 g/mol. The smallest absolute Gasteiger partial charge is 0.406 e. The molecule has 7 heteroatoms. The van der Waals surface area contributed by atoms with E-state index >= 15 is 0 Å². The van der Waals surface area contributed by atoms with Crippen molar-refractivity contribution < 1.29 is 17.9 Å². The van der Waals surface area contributed by atoms with Crippen LogP contribution in [0.4, 0.5) is 13.2 Å². The summed E-state index contributed by atoms with van der Waals surface area (Å²) in [6.07, 6.45) is -1.65. The summed E-state index contributed by atoms with van der Waals surface area (Å²) in [5, 5.41) is 0. The van der Waals surface area contributed by atoms with Gasteiger partial charge < -0.3 is 10.5 Å². The van der Waals surface area contributed by atoms with Gasteiger partial charge in [-0.15, -0.1) is 13.2 Å². The van der Waals surface area contributed by atoms with Crippen molar-refractivity contribution in [2.24, 2.45) is 5.73 Å². The lowest BCUT2D eigenvalue weighted by Gasteiger charge is -2.09. The fourth-order valence-corrected chi connectivity index (χ4v) is 1.44. The number of nitrogens with zero attached hydrogens (tertiary/aromatic N) is 2. The summed E-state index contributed by atoms with van der Waals surface area (Å²) in [7, 11) is 0. The molecule has 0 bridgehead atoms. The molecule has 0 atom stereocenters. The average molecular weight is 269 g/mol. The van der Waals surface area contributed by atoms with Gasteiger partial charge in [-0.3, -0.25) is 9.97 Å². The molecule has 0 aliphatic carbocycles. The topological polar surface area (TPSA) is 61.0 Å². The van der Waals surface area contributed by atoms with Gasteiger partial charge in [-0.25, -0.2) is 0 Å². The summed E-state index contributed by atoms with van der Waals surface area (Å²) in [5.41, 5.74) is 7.23. The van der Waals surface area contributed by atoms with Crippen LogP contribution in [0.15, 0.2) is 36.7 Å². The van der Waals surface area contributed by atoms with Gasteiger partial charge in [0.15, 0.2) is 0 Å². The van der Waals surface area contributed by atoms with Crippen LogP contribution in [0.2, 0.25) is 0 Å². The SMILES string of the molecule is NCc1cnc(-c2ccc(OC(F)(F)F)cc2)cn1. The van der Waals surface area contributed by atoms with E-state index < -0.39 is 6.36 Å². The van der Waals surface area contributed by atoms with Crippen molar-refractivity contribution in [1.29, 1.82) is 0 Å². The molecule has 1 aromatic heterocycles. The lowest BCUT2D eigenvalue weighted by molar-refractivity contribution is -0.274. The van der Waals surface area contributed by atoms with Crippen LogP contribution in [0.5, 0.6) is 5.75 Å². The maximum absolute atomic E-state index is 12.0. The zero-order valence-corrected chi connectivity index (χ0v) is 9.69. The second-order valence-electron chi connectivity index (χ2n) is 3.67. The molecule has 2 N–H and O–H groups in total. The van der Waals surface area contributed by atoms with Crippen molar-refractivity contribution in [2.45, 2.75) is 12.9 Å². The predicted octanol–water partition coefficient (Wildman–Crippen LogP) is 2.50. The maximum Gasteiger partial charge on any atom is 0.573 e. The molecule has 100 valence electrons. The highest BCUT2D eigenvalue weighted by Gasteiger charge is 2.30. The van der Waals surface area contributed by atoms with Crippen LogP contribution in [0.25, 0.3) is 11.3 Å². The Morgan fingerprint density at radius 1 is 1.05 bits per heavy atom. The molecule has 1 aromatic carbocycles. The molecule has 0 saturated heterocycles. The molecule has 4 nitrogen and oxygen atoms in total. The van der Waals surface area contributed by atoms with Crippen LogP contribution in [-0.2, 0) is 6.54 Å². The first kappa shape index (κ1) is 13.3. The second kappa shape index (κ2) is 5.23. The Morgan fingerprint density at radius 3 is 2.21 bits per heavy atom. The van der Waals surface area contributed by atoms with Gasteiger partial charge in [-0.05, 0) is 24.3 Å². The highest BCUT2D eigenvalue weighted by molar-refractivity contribution is 5.58. The van der Waals surface area contributed by atoms with Gasteiger partial charge >= 0.3 is 6.36 Å². The largest absolute Gasteiger partial charge is 0.573 e. The Balaban J connectivity index is 2.17. The van der Waals surface area contributed by atoms with Crippen molar-refractivity contribution in [1.82, 2.24) is 9.97 Å². The lowest BCUT2D eigenvalue weighted by atomic mass is 10.1. The molecular weight excluding hydrogens is 259 g/mol. The minimum Gasteiger partial charge on any atom is -0.406 e. The minimum atomic E-state index is -4.69. The molecule has 1 heterocycles. The van der Waals surface area contributed by atoms with E-state index in [1.54, 1.807) is 0 Å². The molecule has 0 radical (unpaired) electrons. The second-order valence-corrected chi connectivity index (χ2v) is 3.67. The minimum absolute atomic E-state index is 0.275. The third-order valence-electron chi connectivity index (χ3n) is 2.30. The van der Waals surface area contributed by atoms with E-state index in [0.717, 1.165) is 0 Å². The number of halogens is 3. The summed E-state index contributed by atoms with van der Waals surface area (Å²) >= 11 is 0. The van der Waals surface area contributed by atoms with Crippen molar-refractivity contribution >= 4 is 0 Å². The number of rotatable bonds is 3. The number of alkyl halides is 3. The first-order valence-corrected chi connectivity index (χ1v) is 5.35. The van der Waals surface area contributed by atoms with Gasteiger partial charge in [0.2, 0.25) is 0 Å². The molecule has 0 amide bonds. The Labute approximate surface area is 107 Å². The quantitative estimate of drug-likeness (QED) is 0.930. The highest BCUT2D eigenvalue weighted by Crippen LogP contribution is 2.25. The molecule has 0 unspecified atom stereocenters. The summed E-state index contributed by atoms with van der Waals surface area (Å²) in [5.74, 6) is -0.275. The van der Waals surface area contributed by atoms with E-state index in [1.807, 2.05) is 0 Å². The fourth-order valence-electron chi connectivity index (χ4n) is 1.44. The van der Waals surface area contributed by atoms with E-state index in [4.69, 9.17) is 5.73 Å². The van der Waals surface area contributed by atoms with E-state index in [9.17, 15) is 13.2 Å². The Morgan fingerprint density at radius 2 is 1.74 bits per heavy atom. The van der Waals surface area contributed by atoms with Crippen LogP contribution >= 0.6 is 0 Å². The zero-order valence-electron chi connectivity index (χ0n) is 9.69. The van der Waals surface area contributed by atoms with Gasteiger partial charge in [0.1, 0.15) is 5.75 Å². The molecule has 0 aliphatic rings. The Hall–Kier alpha value is -2.15. The molecule has 2 rings (SSSR count). The third-order valence-corrected chi connectivity index (χ3v) is 2.30. The van der Waals surface area contributed by atoms with Crippen LogP contribution in [0, 0.1) is 0 Å². The van der Waals surface area contributed by atoms with Crippen LogP contribution in [-0.4, -0.2) is 16.3 Å². The number of hydrogen-bond acceptors (Lipinski definition) is 4. The molecule has 0 aliphatic heterocycles. The van der Waals surface area contributed by atoms with Crippen molar-refractivity contribution in [3.8, 4) is 17.0 Å². The predicted molar refractivity (Wildman–Crippen MR) is 62.0 cm³/mol. The first-order chi connectivity index (χ1) is 8.98. The van der Waals surface area contributed by atoms with Gasteiger partial charge in [-0.1, -0.05) is 0 Å². The van der Waals surface area contributed by atoms with E-state index in [-0.39, 0.29) is 12.3 Å². The molecule has 0 spiro atoms. The highest BCUT2D eigenvalue weighted by atomic mass is 19.4. The number of ether oxygens (including phenoxy) is 1. The van der Waals surface area contributed by atoms with Gasteiger partial charge in [0.05, 0.1) is 23.8 Å².